The molecule has 0 amide bonds. The van der Waals surface area contributed by atoms with Gasteiger partial charge in [0.15, 0.2) is 5.96 Å². The van der Waals surface area contributed by atoms with E-state index in [2.05, 4.69) is 43.5 Å². The fourth-order valence-electron chi connectivity index (χ4n) is 2.85. The monoisotopic (exact) mass is 477 g/mol. The quantitative estimate of drug-likeness (QED) is 0.259. The van der Waals surface area contributed by atoms with Crippen LogP contribution in [0.5, 0.6) is 5.75 Å². The average molecular weight is 477 g/mol. The highest BCUT2D eigenvalue weighted by Gasteiger charge is 2.25. The van der Waals surface area contributed by atoms with Crippen LogP contribution in [0.25, 0.3) is 0 Å². The predicted molar refractivity (Wildman–Crippen MR) is 121 cm³/mol. The first kappa shape index (κ1) is 25.0. The van der Waals surface area contributed by atoms with Gasteiger partial charge in [-0.05, 0) is 55.7 Å². The first-order chi connectivity index (χ1) is 12.1. The molecule has 1 rings (SSSR count). The number of guanidine groups is 1. The Kier molecular flexibility index (Phi) is 13.5. The average Bonchev–Trinajstić information content (AvgIpc) is 2.65. The minimum absolute atomic E-state index is 0. The summed E-state index contributed by atoms with van der Waals surface area (Å²) in [6.45, 7) is 9.04. The maximum atomic E-state index is 9.35. The third kappa shape index (κ3) is 8.58. The highest BCUT2D eigenvalue weighted by Crippen LogP contribution is 2.30. The summed E-state index contributed by atoms with van der Waals surface area (Å²) in [5, 5.41) is 16.1. The third-order valence-corrected chi connectivity index (χ3v) is 4.92. The van der Waals surface area contributed by atoms with Crippen molar-refractivity contribution in [2.45, 2.75) is 46.5 Å². The van der Waals surface area contributed by atoms with Crippen molar-refractivity contribution < 1.29 is 9.84 Å². The number of benzene rings is 1. The lowest BCUT2D eigenvalue weighted by Gasteiger charge is -2.29. The van der Waals surface area contributed by atoms with Gasteiger partial charge in [0.05, 0.1) is 7.11 Å². The van der Waals surface area contributed by atoms with E-state index in [-0.39, 0.29) is 36.0 Å². The van der Waals surface area contributed by atoms with Crippen molar-refractivity contribution in [1.82, 2.24) is 10.6 Å². The Hall–Kier alpha value is -1.02. The van der Waals surface area contributed by atoms with Crippen LogP contribution in [0.1, 0.15) is 45.6 Å². The second-order valence-corrected chi connectivity index (χ2v) is 6.40. The summed E-state index contributed by atoms with van der Waals surface area (Å²) in [7, 11) is 1.68. The molecule has 6 heteroatoms. The van der Waals surface area contributed by atoms with E-state index in [1.165, 1.54) is 5.56 Å². The second kappa shape index (κ2) is 14.1. The third-order valence-electron chi connectivity index (χ3n) is 4.92. The van der Waals surface area contributed by atoms with Crippen molar-refractivity contribution in [1.29, 1.82) is 0 Å². The van der Waals surface area contributed by atoms with Gasteiger partial charge in [-0.2, -0.15) is 0 Å². The Balaban J connectivity index is 0.00000625. The van der Waals surface area contributed by atoms with Gasteiger partial charge < -0.3 is 20.5 Å². The number of methoxy groups -OCH3 is 1. The number of aliphatic imine (C=N–C) groups is 1. The molecule has 150 valence electrons. The Labute approximate surface area is 176 Å². The van der Waals surface area contributed by atoms with Crippen LogP contribution >= 0.6 is 24.0 Å². The highest BCUT2D eigenvalue weighted by molar-refractivity contribution is 14.0. The zero-order valence-electron chi connectivity index (χ0n) is 16.7. The van der Waals surface area contributed by atoms with E-state index in [1.807, 2.05) is 12.1 Å². The molecule has 26 heavy (non-hydrogen) atoms. The number of rotatable bonds is 11. The predicted octanol–water partition coefficient (Wildman–Crippen LogP) is 3.60. The maximum absolute atomic E-state index is 9.35. The van der Waals surface area contributed by atoms with Crippen LogP contribution < -0.4 is 15.4 Å². The molecule has 0 fully saturated rings. The standard InChI is InChI=1S/C20H35N3O2.HI/c1-5-20(6-2,13-15-24)16-23-19(21-7-3)22-14-12-17-8-10-18(25-4)11-9-17;/h8-11,24H,5-7,12-16H2,1-4H3,(H2,21,22,23);1H. The van der Waals surface area contributed by atoms with Gasteiger partial charge in [0, 0.05) is 26.2 Å². The van der Waals surface area contributed by atoms with Crippen molar-refractivity contribution in [2.75, 3.05) is 33.4 Å². The lowest BCUT2D eigenvalue weighted by atomic mass is 9.79. The van der Waals surface area contributed by atoms with E-state index >= 15 is 0 Å². The molecule has 0 aliphatic heterocycles. The van der Waals surface area contributed by atoms with E-state index in [1.54, 1.807) is 7.11 Å². The lowest BCUT2D eigenvalue weighted by Crippen LogP contribution is -2.39. The van der Waals surface area contributed by atoms with Gasteiger partial charge in [-0.25, -0.2) is 0 Å². The Morgan fingerprint density at radius 2 is 1.77 bits per heavy atom. The topological polar surface area (TPSA) is 65.9 Å². The lowest BCUT2D eigenvalue weighted by molar-refractivity contribution is 0.175. The van der Waals surface area contributed by atoms with Crippen LogP contribution in [0.4, 0.5) is 0 Å². The summed E-state index contributed by atoms with van der Waals surface area (Å²) in [5.74, 6) is 1.73. The summed E-state index contributed by atoms with van der Waals surface area (Å²) < 4.78 is 5.19. The van der Waals surface area contributed by atoms with Crippen molar-refractivity contribution in [2.24, 2.45) is 10.4 Å². The summed E-state index contributed by atoms with van der Waals surface area (Å²) in [4.78, 5) is 4.77. The molecule has 0 aromatic heterocycles. The van der Waals surface area contributed by atoms with Crippen molar-refractivity contribution in [3.05, 3.63) is 29.8 Å². The molecule has 1 aromatic carbocycles. The molecule has 0 unspecified atom stereocenters. The number of halogens is 1. The van der Waals surface area contributed by atoms with Gasteiger partial charge in [0.2, 0.25) is 0 Å². The smallest absolute Gasteiger partial charge is 0.191 e. The van der Waals surface area contributed by atoms with Crippen LogP contribution in [0.3, 0.4) is 0 Å². The Morgan fingerprint density at radius 3 is 2.27 bits per heavy atom. The molecular formula is C20H36IN3O2. The van der Waals surface area contributed by atoms with Crippen LogP contribution in [0.2, 0.25) is 0 Å². The summed E-state index contributed by atoms with van der Waals surface area (Å²) in [6, 6.07) is 8.15. The second-order valence-electron chi connectivity index (χ2n) is 6.40. The first-order valence-electron chi connectivity index (χ1n) is 9.39. The molecule has 0 aliphatic carbocycles. The number of nitrogens with zero attached hydrogens (tertiary/aromatic N) is 1. The molecule has 0 radical (unpaired) electrons. The van der Waals surface area contributed by atoms with Crippen molar-refractivity contribution in [3.8, 4) is 5.75 Å². The summed E-state index contributed by atoms with van der Waals surface area (Å²) >= 11 is 0. The molecule has 1 aromatic rings. The van der Waals surface area contributed by atoms with E-state index < -0.39 is 0 Å². The Morgan fingerprint density at radius 1 is 1.12 bits per heavy atom. The van der Waals surface area contributed by atoms with Crippen LogP contribution in [0.15, 0.2) is 29.3 Å². The number of aliphatic hydroxyl groups is 1. The normalized spacial score (nSPS) is 11.7. The van der Waals surface area contributed by atoms with Crippen molar-refractivity contribution in [3.63, 3.8) is 0 Å². The molecule has 0 heterocycles. The van der Waals surface area contributed by atoms with E-state index in [4.69, 9.17) is 9.73 Å². The zero-order valence-corrected chi connectivity index (χ0v) is 19.0. The first-order valence-corrected chi connectivity index (χ1v) is 9.39. The molecule has 0 saturated heterocycles. The molecule has 0 aliphatic rings. The molecule has 3 N–H and O–H groups in total. The van der Waals surface area contributed by atoms with E-state index in [0.29, 0.717) is 0 Å². The van der Waals surface area contributed by atoms with E-state index in [0.717, 1.165) is 57.0 Å². The van der Waals surface area contributed by atoms with Gasteiger partial charge in [-0.1, -0.05) is 26.0 Å². The highest BCUT2D eigenvalue weighted by atomic mass is 127. The number of hydrogen-bond donors (Lipinski definition) is 3. The van der Waals surface area contributed by atoms with Gasteiger partial charge in [0.1, 0.15) is 5.75 Å². The Bertz CT molecular complexity index is 502. The van der Waals surface area contributed by atoms with Crippen molar-refractivity contribution >= 4 is 29.9 Å². The van der Waals surface area contributed by atoms with E-state index in [9.17, 15) is 5.11 Å². The van der Waals surface area contributed by atoms with Gasteiger partial charge >= 0.3 is 0 Å². The summed E-state index contributed by atoms with van der Waals surface area (Å²) in [6.07, 6.45) is 3.78. The van der Waals surface area contributed by atoms with Crippen LogP contribution in [-0.4, -0.2) is 44.4 Å². The number of hydrogen-bond acceptors (Lipinski definition) is 3. The number of nitrogens with one attached hydrogen (secondary N) is 2. The fraction of sp³-hybridized carbons (Fsp3) is 0.650. The molecular weight excluding hydrogens is 441 g/mol. The molecule has 0 atom stereocenters. The van der Waals surface area contributed by atoms with Gasteiger partial charge in [0.25, 0.3) is 0 Å². The van der Waals surface area contributed by atoms with Crippen LogP contribution in [-0.2, 0) is 6.42 Å². The summed E-state index contributed by atoms with van der Waals surface area (Å²) in [5.41, 5.74) is 1.36. The maximum Gasteiger partial charge on any atom is 0.191 e. The molecule has 0 saturated carbocycles. The fourth-order valence-corrected chi connectivity index (χ4v) is 2.85. The molecule has 5 nitrogen and oxygen atoms in total. The molecule has 0 spiro atoms. The number of ether oxygens (including phenoxy) is 1. The van der Waals surface area contributed by atoms with Crippen LogP contribution in [0, 0.1) is 5.41 Å². The SMILES string of the molecule is CCNC(=NCC(CC)(CC)CCO)NCCc1ccc(OC)cc1.I. The zero-order chi connectivity index (χ0) is 18.5. The number of aliphatic hydroxyl groups excluding tert-OH is 1. The molecule has 0 bridgehead atoms. The van der Waals surface area contributed by atoms with Gasteiger partial charge in [-0.15, -0.1) is 24.0 Å². The van der Waals surface area contributed by atoms with Gasteiger partial charge in [-0.3, -0.25) is 4.99 Å². The minimum atomic E-state index is 0. The largest absolute Gasteiger partial charge is 0.497 e. The minimum Gasteiger partial charge on any atom is -0.497 e.